The molecule has 0 aromatic carbocycles. The van der Waals surface area contributed by atoms with Crippen LogP contribution in [0.2, 0.25) is 0 Å². The molecule has 0 bridgehead atoms. The smallest absolute Gasteiger partial charge is 0.00178 e. The number of hydrogen-bond donors (Lipinski definition) is 1. The first-order valence-corrected chi connectivity index (χ1v) is 7.98. The predicted octanol–water partition coefficient (Wildman–Crippen LogP) is 4.64. The summed E-state index contributed by atoms with van der Waals surface area (Å²) in [5.41, 5.74) is 0. The molecule has 1 rings (SSSR count). The van der Waals surface area contributed by atoms with E-state index in [4.69, 9.17) is 0 Å². The maximum Gasteiger partial charge on any atom is -0.00178 e. The van der Waals surface area contributed by atoms with Crippen LogP contribution in [0.25, 0.3) is 0 Å². The van der Waals surface area contributed by atoms with Crippen molar-refractivity contribution in [1.82, 2.24) is 5.32 Å². The molecule has 1 aliphatic carbocycles. The molecule has 0 aromatic heterocycles. The Morgan fingerprint density at radius 1 is 1.28 bits per heavy atom. The summed E-state index contributed by atoms with van der Waals surface area (Å²) in [6.45, 7) is 13.2. The highest BCUT2D eigenvalue weighted by atomic mass is 14.9. The van der Waals surface area contributed by atoms with Crippen molar-refractivity contribution in [2.75, 3.05) is 13.1 Å². The molecule has 0 aliphatic heterocycles. The molecule has 0 heterocycles. The van der Waals surface area contributed by atoms with Crippen LogP contribution in [0.4, 0.5) is 0 Å². The monoisotopic (exact) mass is 251 g/mol. The Morgan fingerprint density at radius 3 is 2.67 bits per heavy atom. The van der Waals surface area contributed by atoms with Gasteiger partial charge in [0.15, 0.2) is 0 Å². The van der Waals surface area contributed by atoms with Gasteiger partial charge in [0, 0.05) is 0 Å². The van der Waals surface area contributed by atoms with Crippen LogP contribution in [-0.4, -0.2) is 13.1 Å². The second-order valence-corrected chi connectivity index (χ2v) is 6.53. The van der Waals surface area contributed by atoms with Crippen LogP contribution in [0.3, 0.4) is 0 Å². The summed E-state index contributed by atoms with van der Waals surface area (Å²) in [5, 5.41) is 3.67. The fraction of sp³-hybridized carbons (Fsp3) is 0.882. The number of nitrogens with one attached hydrogen (secondary N) is 1. The third-order valence-corrected chi connectivity index (χ3v) is 4.53. The standard InChI is InChI=1S/C17H33N/c1-5-7-8-16-11-15(6-2)9-10-17(16)13-18-12-14(3)4/h5,14-18H,1,6-13H2,2-4H3. The van der Waals surface area contributed by atoms with Gasteiger partial charge in [-0.25, -0.2) is 0 Å². The summed E-state index contributed by atoms with van der Waals surface area (Å²) in [5.74, 6) is 3.60. The van der Waals surface area contributed by atoms with Crippen LogP contribution in [0.15, 0.2) is 12.7 Å². The molecule has 1 aliphatic rings. The molecule has 0 radical (unpaired) electrons. The lowest BCUT2D eigenvalue weighted by molar-refractivity contribution is 0.163. The highest BCUT2D eigenvalue weighted by molar-refractivity contribution is 4.83. The minimum atomic E-state index is 0.767. The van der Waals surface area contributed by atoms with Gasteiger partial charge in [-0.05, 0) is 62.4 Å². The Kier molecular flexibility index (Phi) is 7.65. The summed E-state index contributed by atoms with van der Waals surface area (Å²) in [7, 11) is 0. The lowest BCUT2D eigenvalue weighted by atomic mass is 9.71. The molecular weight excluding hydrogens is 218 g/mol. The highest BCUT2D eigenvalue weighted by Gasteiger charge is 2.28. The van der Waals surface area contributed by atoms with E-state index in [0.717, 1.165) is 23.7 Å². The van der Waals surface area contributed by atoms with Gasteiger partial charge in [-0.2, -0.15) is 0 Å². The molecule has 106 valence electrons. The van der Waals surface area contributed by atoms with E-state index in [-0.39, 0.29) is 0 Å². The molecule has 0 saturated heterocycles. The van der Waals surface area contributed by atoms with Crippen molar-refractivity contribution in [3.63, 3.8) is 0 Å². The molecule has 1 saturated carbocycles. The first-order valence-electron chi connectivity index (χ1n) is 7.98. The third-order valence-electron chi connectivity index (χ3n) is 4.53. The van der Waals surface area contributed by atoms with Crippen LogP contribution >= 0.6 is 0 Å². The summed E-state index contributed by atoms with van der Waals surface area (Å²) in [6, 6.07) is 0. The Morgan fingerprint density at radius 2 is 2.06 bits per heavy atom. The van der Waals surface area contributed by atoms with Crippen molar-refractivity contribution >= 4 is 0 Å². The van der Waals surface area contributed by atoms with Gasteiger partial charge in [0.05, 0.1) is 0 Å². The molecule has 0 spiro atoms. The average molecular weight is 251 g/mol. The molecule has 3 atom stereocenters. The molecule has 1 N–H and O–H groups in total. The van der Waals surface area contributed by atoms with Crippen LogP contribution < -0.4 is 5.32 Å². The lowest BCUT2D eigenvalue weighted by Gasteiger charge is -2.36. The molecule has 0 amide bonds. The largest absolute Gasteiger partial charge is 0.316 e. The predicted molar refractivity (Wildman–Crippen MR) is 81.8 cm³/mol. The minimum Gasteiger partial charge on any atom is -0.316 e. The number of allylic oxidation sites excluding steroid dienone is 1. The van der Waals surface area contributed by atoms with Gasteiger partial charge in [0.1, 0.15) is 0 Å². The van der Waals surface area contributed by atoms with Crippen molar-refractivity contribution in [1.29, 1.82) is 0 Å². The summed E-state index contributed by atoms with van der Waals surface area (Å²) < 4.78 is 0. The zero-order chi connectivity index (χ0) is 13.4. The van der Waals surface area contributed by atoms with Crippen molar-refractivity contribution in [3.8, 4) is 0 Å². The first kappa shape index (κ1) is 15.8. The average Bonchev–Trinajstić information content (AvgIpc) is 2.36. The second kappa shape index (κ2) is 8.74. The van der Waals surface area contributed by atoms with E-state index in [1.165, 1.54) is 51.6 Å². The molecular formula is C17H33N. The van der Waals surface area contributed by atoms with Gasteiger partial charge < -0.3 is 5.32 Å². The zero-order valence-corrected chi connectivity index (χ0v) is 12.8. The van der Waals surface area contributed by atoms with Gasteiger partial charge in [-0.3, -0.25) is 0 Å². The maximum atomic E-state index is 3.88. The number of rotatable bonds is 8. The van der Waals surface area contributed by atoms with E-state index in [9.17, 15) is 0 Å². The highest BCUT2D eigenvalue weighted by Crippen LogP contribution is 2.37. The maximum absolute atomic E-state index is 3.88. The van der Waals surface area contributed by atoms with Gasteiger partial charge in [-0.1, -0.05) is 39.7 Å². The zero-order valence-electron chi connectivity index (χ0n) is 12.8. The van der Waals surface area contributed by atoms with E-state index in [1.807, 2.05) is 0 Å². The van der Waals surface area contributed by atoms with Crippen molar-refractivity contribution in [3.05, 3.63) is 12.7 Å². The fourth-order valence-corrected chi connectivity index (χ4v) is 3.31. The normalized spacial score (nSPS) is 28.6. The van der Waals surface area contributed by atoms with E-state index in [0.29, 0.717) is 0 Å². The van der Waals surface area contributed by atoms with Gasteiger partial charge >= 0.3 is 0 Å². The SMILES string of the molecule is C=CCCC1CC(CC)CCC1CNCC(C)C. The van der Waals surface area contributed by atoms with Crippen LogP contribution in [0, 0.1) is 23.7 Å². The summed E-state index contributed by atoms with van der Waals surface area (Å²) in [4.78, 5) is 0. The van der Waals surface area contributed by atoms with Crippen molar-refractivity contribution in [2.45, 2.75) is 59.3 Å². The Bertz CT molecular complexity index is 222. The molecule has 3 unspecified atom stereocenters. The first-order chi connectivity index (χ1) is 8.67. The molecule has 1 heteroatoms. The van der Waals surface area contributed by atoms with Crippen LogP contribution in [0.5, 0.6) is 0 Å². The second-order valence-electron chi connectivity index (χ2n) is 6.53. The minimum absolute atomic E-state index is 0.767. The molecule has 18 heavy (non-hydrogen) atoms. The third kappa shape index (κ3) is 5.56. The molecule has 1 fully saturated rings. The van der Waals surface area contributed by atoms with Crippen molar-refractivity contribution in [2.24, 2.45) is 23.7 Å². The Balaban J connectivity index is 2.38. The van der Waals surface area contributed by atoms with Crippen LogP contribution in [-0.2, 0) is 0 Å². The molecule has 1 nitrogen and oxygen atoms in total. The quantitative estimate of drug-likeness (QED) is 0.620. The van der Waals surface area contributed by atoms with Gasteiger partial charge in [-0.15, -0.1) is 6.58 Å². The van der Waals surface area contributed by atoms with E-state index in [1.54, 1.807) is 0 Å². The van der Waals surface area contributed by atoms with Crippen LogP contribution in [0.1, 0.15) is 59.3 Å². The van der Waals surface area contributed by atoms with E-state index >= 15 is 0 Å². The summed E-state index contributed by atoms with van der Waals surface area (Å²) >= 11 is 0. The van der Waals surface area contributed by atoms with Crippen molar-refractivity contribution < 1.29 is 0 Å². The lowest BCUT2D eigenvalue weighted by Crippen LogP contribution is -2.34. The molecule has 0 aromatic rings. The van der Waals surface area contributed by atoms with Gasteiger partial charge in [0.2, 0.25) is 0 Å². The Hall–Kier alpha value is -0.300. The Labute approximate surface area is 114 Å². The summed E-state index contributed by atoms with van der Waals surface area (Å²) in [6.07, 6.45) is 10.4. The number of hydrogen-bond acceptors (Lipinski definition) is 1. The van der Waals surface area contributed by atoms with Gasteiger partial charge in [0.25, 0.3) is 0 Å². The topological polar surface area (TPSA) is 12.0 Å². The van der Waals surface area contributed by atoms with E-state index < -0.39 is 0 Å². The fourth-order valence-electron chi connectivity index (χ4n) is 3.31. The van der Waals surface area contributed by atoms with E-state index in [2.05, 4.69) is 38.7 Å².